The number of hydrogen-bond donors (Lipinski definition) is 1. The number of benzene rings is 2. The number of aromatic nitrogens is 2. The highest BCUT2D eigenvalue weighted by Crippen LogP contribution is 2.39. The molecule has 2 N–H and O–H groups in total. The van der Waals surface area contributed by atoms with Crippen molar-refractivity contribution in [2.24, 2.45) is 5.14 Å². The van der Waals surface area contributed by atoms with Crippen molar-refractivity contribution in [2.75, 3.05) is 0 Å². The molecular weight excluding hydrogens is 422 g/mol. The molecule has 0 saturated heterocycles. The van der Waals surface area contributed by atoms with Crippen molar-refractivity contribution >= 4 is 21.6 Å². The van der Waals surface area contributed by atoms with Crippen molar-refractivity contribution in [3.63, 3.8) is 0 Å². The number of rotatable bonds is 3. The van der Waals surface area contributed by atoms with E-state index in [2.05, 4.69) is 9.97 Å². The van der Waals surface area contributed by atoms with Gasteiger partial charge < -0.3 is 0 Å². The summed E-state index contributed by atoms with van der Waals surface area (Å²) in [5.74, 6) is -2.08. The molecule has 0 amide bonds. The fourth-order valence-electron chi connectivity index (χ4n) is 2.46. The van der Waals surface area contributed by atoms with Crippen LogP contribution in [-0.2, 0) is 16.2 Å². The van der Waals surface area contributed by atoms with Gasteiger partial charge in [0.2, 0.25) is 15.8 Å². The third-order valence-corrected chi connectivity index (χ3v) is 4.87. The molecule has 0 spiro atoms. The molecule has 2 aromatic carbocycles. The maximum absolute atomic E-state index is 13.2. The molecule has 0 saturated carbocycles. The van der Waals surface area contributed by atoms with E-state index in [9.17, 15) is 26.0 Å². The number of primary sulfonamides is 1. The van der Waals surface area contributed by atoms with Crippen LogP contribution in [0.25, 0.3) is 22.4 Å². The molecule has 0 unspecified atom stereocenters. The Morgan fingerprint density at radius 2 is 1.61 bits per heavy atom. The van der Waals surface area contributed by atoms with Crippen molar-refractivity contribution in [2.45, 2.75) is 11.1 Å². The van der Waals surface area contributed by atoms with Gasteiger partial charge in [-0.15, -0.1) is 0 Å². The summed E-state index contributed by atoms with van der Waals surface area (Å²) in [6.45, 7) is 0. The van der Waals surface area contributed by atoms with Gasteiger partial charge in [0.25, 0.3) is 0 Å². The number of nitrogens with zero attached hydrogens (tertiary/aromatic N) is 2. The molecule has 1 aromatic heterocycles. The van der Waals surface area contributed by atoms with Crippen molar-refractivity contribution < 1.29 is 26.0 Å². The van der Waals surface area contributed by atoms with E-state index in [0.29, 0.717) is 0 Å². The lowest BCUT2D eigenvalue weighted by atomic mass is 10.0. The third-order valence-electron chi connectivity index (χ3n) is 3.69. The molecule has 0 bridgehead atoms. The lowest BCUT2D eigenvalue weighted by Gasteiger charge is -2.15. The molecule has 3 aromatic rings. The van der Waals surface area contributed by atoms with E-state index in [1.165, 1.54) is 30.3 Å². The maximum atomic E-state index is 13.2. The molecule has 0 aliphatic heterocycles. The largest absolute Gasteiger partial charge is 0.451 e. The van der Waals surface area contributed by atoms with Gasteiger partial charge >= 0.3 is 6.18 Å². The Hall–Kier alpha value is -2.56. The number of alkyl halides is 3. The maximum Gasteiger partial charge on any atom is 0.451 e. The van der Waals surface area contributed by atoms with Crippen LogP contribution in [-0.4, -0.2) is 18.4 Å². The number of nitrogens with two attached hydrogens (primary N) is 1. The molecule has 0 atom stereocenters. The van der Waals surface area contributed by atoms with Crippen molar-refractivity contribution in [1.29, 1.82) is 0 Å². The topological polar surface area (TPSA) is 85.9 Å². The minimum Gasteiger partial charge on any atom is -0.225 e. The predicted molar refractivity (Wildman–Crippen MR) is 94.2 cm³/mol. The van der Waals surface area contributed by atoms with Crippen LogP contribution in [0.2, 0.25) is 5.15 Å². The number of sulfonamides is 1. The van der Waals surface area contributed by atoms with Gasteiger partial charge in [0, 0.05) is 11.1 Å². The molecule has 28 heavy (non-hydrogen) atoms. The molecule has 0 aliphatic carbocycles. The van der Waals surface area contributed by atoms with Gasteiger partial charge in [-0.05, 0) is 42.0 Å². The Morgan fingerprint density at radius 3 is 2.18 bits per heavy atom. The Labute approximate surface area is 161 Å². The first-order valence-electron chi connectivity index (χ1n) is 7.51. The van der Waals surface area contributed by atoms with Crippen LogP contribution in [0.5, 0.6) is 0 Å². The van der Waals surface area contributed by atoms with E-state index in [4.69, 9.17) is 16.7 Å². The molecule has 11 heteroatoms. The van der Waals surface area contributed by atoms with Crippen LogP contribution in [0.15, 0.2) is 53.4 Å². The second-order valence-electron chi connectivity index (χ2n) is 5.64. The Kier molecular flexibility index (Phi) is 5.13. The summed E-state index contributed by atoms with van der Waals surface area (Å²) in [5, 5.41) is 4.56. The lowest BCUT2D eigenvalue weighted by Crippen LogP contribution is -2.13. The van der Waals surface area contributed by atoms with Crippen LogP contribution in [0, 0.1) is 5.82 Å². The monoisotopic (exact) mass is 431 g/mol. The number of hydrogen-bond acceptors (Lipinski definition) is 4. The Balaban J connectivity index is 2.33. The van der Waals surface area contributed by atoms with Crippen LogP contribution in [0.4, 0.5) is 17.6 Å². The van der Waals surface area contributed by atoms with E-state index in [0.717, 1.165) is 18.2 Å². The summed E-state index contributed by atoms with van der Waals surface area (Å²) in [4.78, 5) is 6.57. The molecule has 0 aliphatic rings. The zero-order valence-corrected chi connectivity index (χ0v) is 15.3. The summed E-state index contributed by atoms with van der Waals surface area (Å²) < 4.78 is 75.9. The SMILES string of the molecule is NS(=O)(=O)c1cccc(-c2c(Cl)nc(C(F)(F)F)nc2-c2ccc(F)cc2)c1. The van der Waals surface area contributed by atoms with Crippen molar-refractivity contribution in [3.05, 3.63) is 65.3 Å². The summed E-state index contributed by atoms with van der Waals surface area (Å²) in [7, 11) is -4.07. The van der Waals surface area contributed by atoms with Crippen LogP contribution >= 0.6 is 11.6 Å². The van der Waals surface area contributed by atoms with Gasteiger partial charge in [0.1, 0.15) is 11.0 Å². The lowest BCUT2D eigenvalue weighted by molar-refractivity contribution is -0.144. The van der Waals surface area contributed by atoms with E-state index in [1.54, 1.807) is 0 Å². The van der Waals surface area contributed by atoms with Crippen molar-refractivity contribution in [1.82, 2.24) is 9.97 Å². The number of halogens is 5. The highest BCUT2D eigenvalue weighted by atomic mass is 35.5. The van der Waals surface area contributed by atoms with Crippen LogP contribution in [0.3, 0.4) is 0 Å². The van der Waals surface area contributed by atoms with Gasteiger partial charge in [-0.2, -0.15) is 13.2 Å². The van der Waals surface area contributed by atoms with Gasteiger partial charge in [-0.3, -0.25) is 0 Å². The molecule has 3 rings (SSSR count). The fraction of sp³-hybridized carbons (Fsp3) is 0.0588. The summed E-state index contributed by atoms with van der Waals surface area (Å²) in [5.41, 5.74) is -0.0255. The summed E-state index contributed by atoms with van der Waals surface area (Å²) in [6, 6.07) is 9.65. The van der Waals surface area contributed by atoms with Gasteiger partial charge in [0.15, 0.2) is 0 Å². The normalized spacial score (nSPS) is 12.2. The standard InChI is InChI=1S/C17H10ClF4N3O2S/c18-15-13(10-2-1-3-12(8-10)28(23,26)27)14(9-4-6-11(19)7-5-9)24-16(25-15)17(20,21)22/h1-8H,(H2,23,26,27). The van der Waals surface area contributed by atoms with Gasteiger partial charge in [-0.25, -0.2) is 27.9 Å². The minimum atomic E-state index is -4.88. The average Bonchev–Trinajstić information content (AvgIpc) is 2.60. The third kappa shape index (κ3) is 4.13. The van der Waals surface area contributed by atoms with Crippen LogP contribution < -0.4 is 5.14 Å². The predicted octanol–water partition coefficient (Wildman–Crippen LogP) is 4.27. The average molecular weight is 432 g/mol. The Morgan fingerprint density at radius 1 is 0.964 bits per heavy atom. The second kappa shape index (κ2) is 7.12. The zero-order chi connectivity index (χ0) is 20.7. The first kappa shape index (κ1) is 20.2. The zero-order valence-electron chi connectivity index (χ0n) is 13.7. The highest BCUT2D eigenvalue weighted by molar-refractivity contribution is 7.89. The molecule has 146 valence electrons. The molecule has 0 radical (unpaired) electrons. The first-order valence-corrected chi connectivity index (χ1v) is 9.43. The quantitative estimate of drug-likeness (QED) is 0.495. The van der Waals surface area contributed by atoms with E-state index in [-0.39, 0.29) is 27.3 Å². The molecule has 5 nitrogen and oxygen atoms in total. The molecular formula is C17H10ClF4N3O2S. The fourth-order valence-corrected chi connectivity index (χ4v) is 3.30. The van der Waals surface area contributed by atoms with Crippen LogP contribution in [0.1, 0.15) is 5.82 Å². The highest BCUT2D eigenvalue weighted by Gasteiger charge is 2.36. The van der Waals surface area contributed by atoms with E-state index >= 15 is 0 Å². The molecule has 1 heterocycles. The van der Waals surface area contributed by atoms with Gasteiger partial charge in [0.05, 0.1) is 10.6 Å². The first-order chi connectivity index (χ1) is 13.0. The van der Waals surface area contributed by atoms with Crippen molar-refractivity contribution in [3.8, 4) is 22.4 Å². The second-order valence-corrected chi connectivity index (χ2v) is 7.56. The smallest absolute Gasteiger partial charge is 0.225 e. The molecule has 0 fully saturated rings. The van der Waals surface area contributed by atoms with E-state index < -0.39 is 33.0 Å². The summed E-state index contributed by atoms with van der Waals surface area (Å²) in [6.07, 6.45) is -4.88. The minimum absolute atomic E-state index is 0.0493. The van der Waals surface area contributed by atoms with E-state index in [1.807, 2.05) is 0 Å². The Bertz CT molecular complexity index is 1150. The summed E-state index contributed by atoms with van der Waals surface area (Å²) >= 11 is 6.02. The van der Waals surface area contributed by atoms with Gasteiger partial charge in [-0.1, -0.05) is 23.7 Å².